The van der Waals surface area contributed by atoms with Crippen LogP contribution in [0.3, 0.4) is 0 Å². The van der Waals surface area contributed by atoms with Crippen LogP contribution in [-0.4, -0.2) is 87.4 Å². The SMILES string of the molecule is CCCCCCC/C=C\C/C=C\C/C=C\CCCCCCCCCCCCCCCCC(=O)OC(COC(=O)CCCCCCCCCCCCCCCCCCCCCCCCCCC/C=C\CCCCCCCCCC)COC(OCC[N+](C)(C)C)C(=O)O. The predicted octanol–water partition coefficient (Wildman–Crippen LogP) is 25.3. The van der Waals surface area contributed by atoms with Gasteiger partial charge in [-0.1, -0.05) is 358 Å². The Balaban J connectivity index is 3.98. The molecule has 0 radical (unpaired) electrons. The standard InChI is InChI=1S/C82H153NO8/c1-6-8-10-12-14-16-18-20-22-24-26-28-30-32-34-36-37-38-39-40-41-42-43-45-46-48-50-52-54-56-58-60-62-64-66-68-70-72-79(84)89-76-78(77-90-82(81(86)87)88-75-74-83(3,4)5)91-80(85)73-71-69-67-65-63-61-59-57-55-53-51-49-47-44-35-33-31-29-27-25-23-21-19-17-15-13-11-9-7-2/h19,21,24-27,31,33,78,82H,6-18,20,22-23,28-30,32,34-77H2,1-5H3/p+1/b21-19-,26-24-,27-25-,33-31-. The first-order valence-corrected chi connectivity index (χ1v) is 39.8. The molecule has 0 bridgehead atoms. The number of carbonyl (C=O) groups excluding carboxylic acids is 2. The summed E-state index contributed by atoms with van der Waals surface area (Å²) in [5.41, 5.74) is 0. The van der Waals surface area contributed by atoms with E-state index >= 15 is 0 Å². The second-order valence-corrected chi connectivity index (χ2v) is 28.4. The molecule has 0 fully saturated rings. The lowest BCUT2D eigenvalue weighted by Gasteiger charge is -2.25. The number of unbranched alkanes of at least 4 members (excludes halogenated alkanes) is 52. The average Bonchev–Trinajstić information content (AvgIpc) is 3.66. The number of carbonyl (C=O) groups is 3. The molecule has 0 aromatic heterocycles. The molecule has 2 unspecified atom stereocenters. The number of likely N-dealkylation sites (N-methyl/N-ethyl adjacent to an activating group) is 1. The summed E-state index contributed by atoms with van der Waals surface area (Å²) in [5, 5.41) is 9.77. The monoisotopic (exact) mass is 1280 g/mol. The summed E-state index contributed by atoms with van der Waals surface area (Å²) in [6.45, 7) is 4.93. The molecule has 0 aliphatic rings. The Bertz CT molecular complexity index is 1630. The van der Waals surface area contributed by atoms with E-state index in [1.807, 2.05) is 21.1 Å². The van der Waals surface area contributed by atoms with E-state index in [0.717, 1.165) is 51.4 Å². The number of ether oxygens (including phenoxy) is 4. The van der Waals surface area contributed by atoms with Crippen molar-refractivity contribution in [2.75, 3.05) is 47.5 Å². The molecule has 0 heterocycles. The molecule has 0 saturated heterocycles. The molecule has 0 aliphatic heterocycles. The van der Waals surface area contributed by atoms with Crippen LogP contribution in [0.25, 0.3) is 0 Å². The molecule has 0 saturated carbocycles. The zero-order valence-electron chi connectivity index (χ0n) is 61.3. The van der Waals surface area contributed by atoms with Gasteiger partial charge in [0.2, 0.25) is 0 Å². The highest BCUT2D eigenvalue weighted by Gasteiger charge is 2.25. The fourth-order valence-electron chi connectivity index (χ4n) is 12.0. The Labute approximate surface area is 565 Å². The van der Waals surface area contributed by atoms with E-state index in [1.165, 1.54) is 321 Å². The summed E-state index contributed by atoms with van der Waals surface area (Å²) in [6, 6.07) is 0. The lowest BCUT2D eigenvalue weighted by molar-refractivity contribution is -0.870. The fourth-order valence-corrected chi connectivity index (χ4v) is 12.0. The molecule has 0 spiro atoms. The molecule has 0 aromatic carbocycles. The van der Waals surface area contributed by atoms with Crippen LogP contribution in [0, 0.1) is 0 Å². The highest BCUT2D eigenvalue weighted by Crippen LogP contribution is 2.19. The third-order valence-electron chi connectivity index (χ3n) is 18.1. The summed E-state index contributed by atoms with van der Waals surface area (Å²) < 4.78 is 23.1. The third-order valence-corrected chi connectivity index (χ3v) is 18.1. The van der Waals surface area contributed by atoms with Crippen LogP contribution in [0.2, 0.25) is 0 Å². The van der Waals surface area contributed by atoms with Gasteiger partial charge in [-0.3, -0.25) is 9.59 Å². The van der Waals surface area contributed by atoms with Gasteiger partial charge in [0.1, 0.15) is 13.2 Å². The van der Waals surface area contributed by atoms with Crippen LogP contribution < -0.4 is 0 Å². The van der Waals surface area contributed by atoms with Crippen molar-refractivity contribution in [3.05, 3.63) is 48.6 Å². The highest BCUT2D eigenvalue weighted by molar-refractivity contribution is 5.71. The first-order valence-electron chi connectivity index (χ1n) is 39.8. The molecular formula is C82H154NO8+. The quantitative estimate of drug-likeness (QED) is 0.0211. The van der Waals surface area contributed by atoms with E-state index in [9.17, 15) is 19.5 Å². The van der Waals surface area contributed by atoms with Gasteiger partial charge in [0.15, 0.2) is 6.10 Å². The molecule has 0 aliphatic carbocycles. The maximum Gasteiger partial charge on any atom is 0.361 e. The molecule has 9 nitrogen and oxygen atoms in total. The summed E-state index contributed by atoms with van der Waals surface area (Å²) in [6.07, 6.45) is 92.7. The van der Waals surface area contributed by atoms with E-state index in [4.69, 9.17) is 18.9 Å². The molecule has 0 rings (SSSR count). The van der Waals surface area contributed by atoms with Gasteiger partial charge in [-0.05, 0) is 77.0 Å². The van der Waals surface area contributed by atoms with Gasteiger partial charge in [0.05, 0.1) is 34.4 Å². The largest absolute Gasteiger partial charge is 0.477 e. The van der Waals surface area contributed by atoms with Gasteiger partial charge in [0.25, 0.3) is 6.29 Å². The first-order chi connectivity index (χ1) is 44.6. The van der Waals surface area contributed by atoms with Crippen molar-refractivity contribution >= 4 is 17.9 Å². The molecule has 9 heteroatoms. The molecule has 2 atom stereocenters. The molecule has 0 aromatic rings. The van der Waals surface area contributed by atoms with E-state index < -0.39 is 18.4 Å². The number of quaternary nitrogens is 1. The number of allylic oxidation sites excluding steroid dienone is 8. The Hall–Kier alpha value is -2.75. The number of hydrogen-bond donors (Lipinski definition) is 1. The maximum atomic E-state index is 13.0. The number of carboxylic acid groups (broad SMARTS) is 1. The molecular weight excluding hydrogens is 1130 g/mol. The molecule has 1 N–H and O–H groups in total. The molecule has 91 heavy (non-hydrogen) atoms. The van der Waals surface area contributed by atoms with E-state index in [1.54, 1.807) is 0 Å². The van der Waals surface area contributed by atoms with E-state index in [-0.39, 0.29) is 38.2 Å². The lowest BCUT2D eigenvalue weighted by Crippen LogP contribution is -2.40. The van der Waals surface area contributed by atoms with Crippen molar-refractivity contribution in [3.63, 3.8) is 0 Å². The van der Waals surface area contributed by atoms with Gasteiger partial charge < -0.3 is 28.5 Å². The lowest BCUT2D eigenvalue weighted by atomic mass is 10.0. The summed E-state index contributed by atoms with van der Waals surface area (Å²) in [7, 11) is 5.99. The highest BCUT2D eigenvalue weighted by atomic mass is 16.7. The van der Waals surface area contributed by atoms with Crippen LogP contribution in [0.1, 0.15) is 399 Å². The number of nitrogens with zero attached hydrogens (tertiary/aromatic N) is 1. The van der Waals surface area contributed by atoms with Crippen molar-refractivity contribution in [2.45, 2.75) is 411 Å². The number of hydrogen-bond acceptors (Lipinski definition) is 7. The Morgan fingerprint density at radius 3 is 0.890 bits per heavy atom. The minimum Gasteiger partial charge on any atom is -0.477 e. The second-order valence-electron chi connectivity index (χ2n) is 28.4. The van der Waals surface area contributed by atoms with Crippen LogP contribution in [-0.2, 0) is 33.3 Å². The summed E-state index contributed by atoms with van der Waals surface area (Å²) in [5.74, 6) is -1.98. The van der Waals surface area contributed by atoms with Gasteiger partial charge in [0, 0.05) is 12.8 Å². The van der Waals surface area contributed by atoms with Crippen molar-refractivity contribution in [1.82, 2.24) is 0 Å². The number of rotatable bonds is 75. The summed E-state index contributed by atoms with van der Waals surface area (Å²) >= 11 is 0. The van der Waals surface area contributed by atoms with E-state index in [2.05, 4.69) is 62.5 Å². The third kappa shape index (κ3) is 74.5. The Morgan fingerprint density at radius 2 is 0.593 bits per heavy atom. The predicted molar refractivity (Wildman–Crippen MR) is 392 cm³/mol. The topological polar surface area (TPSA) is 108 Å². The van der Waals surface area contributed by atoms with Gasteiger partial charge in [-0.25, -0.2) is 4.79 Å². The number of esters is 2. The minimum atomic E-state index is -1.51. The smallest absolute Gasteiger partial charge is 0.361 e. The Kier molecular flexibility index (Phi) is 70.9. The van der Waals surface area contributed by atoms with Crippen LogP contribution in [0.5, 0.6) is 0 Å². The summed E-state index contributed by atoms with van der Waals surface area (Å²) in [4.78, 5) is 37.7. The Morgan fingerprint density at radius 1 is 0.330 bits per heavy atom. The van der Waals surface area contributed by atoms with Gasteiger partial charge in [-0.15, -0.1) is 0 Å². The van der Waals surface area contributed by atoms with Gasteiger partial charge in [-0.2, -0.15) is 0 Å². The maximum absolute atomic E-state index is 13.0. The zero-order chi connectivity index (χ0) is 66.1. The fraction of sp³-hybridized carbons (Fsp3) is 0.866. The van der Waals surface area contributed by atoms with Crippen LogP contribution >= 0.6 is 0 Å². The molecule has 534 valence electrons. The number of carboxylic acids is 1. The number of aliphatic carboxylic acids is 1. The van der Waals surface area contributed by atoms with E-state index in [0.29, 0.717) is 17.4 Å². The molecule has 0 amide bonds. The van der Waals surface area contributed by atoms with Crippen molar-refractivity contribution in [1.29, 1.82) is 0 Å². The normalized spacial score (nSPS) is 12.8. The minimum absolute atomic E-state index is 0.178. The second kappa shape index (κ2) is 73.1. The van der Waals surface area contributed by atoms with Crippen LogP contribution in [0.4, 0.5) is 0 Å². The van der Waals surface area contributed by atoms with Crippen molar-refractivity contribution in [3.8, 4) is 0 Å². The van der Waals surface area contributed by atoms with Crippen LogP contribution in [0.15, 0.2) is 48.6 Å². The first kappa shape index (κ1) is 88.2. The van der Waals surface area contributed by atoms with Crippen molar-refractivity contribution < 1.29 is 42.9 Å². The zero-order valence-corrected chi connectivity index (χ0v) is 61.3. The van der Waals surface area contributed by atoms with Gasteiger partial charge >= 0.3 is 17.9 Å². The van der Waals surface area contributed by atoms with Crippen molar-refractivity contribution in [2.24, 2.45) is 0 Å². The average molecular weight is 1280 g/mol.